The lowest BCUT2D eigenvalue weighted by Gasteiger charge is -2.13. The molecule has 1 N–H and O–H groups in total. The van der Waals surface area contributed by atoms with E-state index in [1.165, 1.54) is 12.1 Å². The first-order valence-corrected chi connectivity index (χ1v) is 10.2. The summed E-state index contributed by atoms with van der Waals surface area (Å²) >= 11 is 0. The lowest BCUT2D eigenvalue weighted by Crippen LogP contribution is -2.12. The van der Waals surface area contributed by atoms with E-state index in [4.69, 9.17) is 9.26 Å². The van der Waals surface area contributed by atoms with Crippen molar-refractivity contribution in [1.29, 1.82) is 0 Å². The molecule has 0 saturated heterocycles. The third kappa shape index (κ3) is 3.23. The Kier molecular flexibility index (Phi) is 4.54. The maximum Gasteiger partial charge on any atom is 0.416 e. The molecule has 3 aromatic rings. The summed E-state index contributed by atoms with van der Waals surface area (Å²) in [6, 6.07) is 10.2. The molecule has 0 radical (unpaired) electrons. The van der Waals surface area contributed by atoms with E-state index in [2.05, 4.69) is 10.1 Å². The van der Waals surface area contributed by atoms with Crippen molar-refractivity contribution in [2.45, 2.75) is 38.0 Å². The fourth-order valence-corrected chi connectivity index (χ4v) is 5.01. The Balaban J connectivity index is 1.29. The number of hydrogen-bond acceptors (Lipinski definition) is 5. The quantitative estimate of drug-likeness (QED) is 0.605. The van der Waals surface area contributed by atoms with Gasteiger partial charge in [-0.15, -0.1) is 0 Å². The van der Waals surface area contributed by atoms with Crippen LogP contribution in [0.25, 0.3) is 11.5 Å². The number of nitrogens with zero attached hydrogens (tertiary/aromatic N) is 2. The molecular formula is C23H19F3N2O4. The van der Waals surface area contributed by atoms with E-state index in [0.717, 1.165) is 36.1 Å². The zero-order valence-electron chi connectivity index (χ0n) is 17.0. The lowest BCUT2D eigenvalue weighted by atomic mass is 9.93. The van der Waals surface area contributed by atoms with Crippen molar-refractivity contribution in [2.24, 2.45) is 11.8 Å². The number of carboxylic acids is 1. The topological polar surface area (TPSA) is 85.5 Å². The Morgan fingerprint density at radius 2 is 2.00 bits per heavy atom. The lowest BCUT2D eigenvalue weighted by molar-refractivity contribution is -0.139. The van der Waals surface area contributed by atoms with Gasteiger partial charge in [0.2, 0.25) is 5.82 Å². The molecule has 0 amide bonds. The highest BCUT2D eigenvalue weighted by Crippen LogP contribution is 2.66. The smallest absolute Gasteiger partial charge is 0.416 e. The number of halogens is 3. The molecule has 1 aromatic heterocycles. The van der Waals surface area contributed by atoms with Gasteiger partial charge in [0.25, 0.3) is 5.89 Å². The van der Waals surface area contributed by atoms with Crippen LogP contribution in [0.4, 0.5) is 13.2 Å². The molecule has 2 aliphatic rings. The number of carboxylic acid groups (broad SMARTS) is 1. The van der Waals surface area contributed by atoms with Crippen LogP contribution in [0.15, 0.2) is 47.0 Å². The molecule has 3 atom stereocenters. The SMILES string of the molecule is C[C@H]1C(C(=O)O)C12CCc1ccc(OCc3noc(-c4ccc(C(F)(F)F)cc4)n3)cc12. The Labute approximate surface area is 181 Å². The summed E-state index contributed by atoms with van der Waals surface area (Å²) in [5, 5.41) is 13.4. The van der Waals surface area contributed by atoms with Crippen molar-refractivity contribution in [2.75, 3.05) is 0 Å². The molecule has 1 heterocycles. The summed E-state index contributed by atoms with van der Waals surface area (Å²) in [6.07, 6.45) is -2.74. The standard InChI is InChI=1S/C23H19F3N2O4/c1-12-19(21(29)30)22(12)9-8-13-4-7-16(10-17(13)22)31-11-18-27-20(32-28-18)14-2-5-15(6-3-14)23(24,25)26/h2-7,10,12,19H,8-9,11H2,1H3,(H,29,30)/t12-,19?,22?/m0/s1. The average molecular weight is 444 g/mol. The van der Waals surface area contributed by atoms with Crippen molar-refractivity contribution in [3.8, 4) is 17.2 Å². The molecule has 32 heavy (non-hydrogen) atoms. The summed E-state index contributed by atoms with van der Waals surface area (Å²) in [5.74, 6) is -0.129. The van der Waals surface area contributed by atoms with Gasteiger partial charge in [-0.2, -0.15) is 18.2 Å². The van der Waals surface area contributed by atoms with Crippen molar-refractivity contribution >= 4 is 5.97 Å². The molecule has 9 heteroatoms. The Morgan fingerprint density at radius 1 is 1.25 bits per heavy atom. The maximum atomic E-state index is 12.7. The van der Waals surface area contributed by atoms with Crippen LogP contribution in [-0.2, 0) is 29.4 Å². The van der Waals surface area contributed by atoms with Crippen LogP contribution in [0, 0.1) is 11.8 Å². The first-order chi connectivity index (χ1) is 15.2. The highest BCUT2D eigenvalue weighted by Gasteiger charge is 2.68. The zero-order valence-corrected chi connectivity index (χ0v) is 17.0. The van der Waals surface area contributed by atoms with Gasteiger partial charge >= 0.3 is 12.1 Å². The number of ether oxygens (including phenoxy) is 1. The van der Waals surface area contributed by atoms with Gasteiger partial charge < -0.3 is 14.4 Å². The Morgan fingerprint density at radius 3 is 2.66 bits per heavy atom. The van der Waals surface area contributed by atoms with E-state index >= 15 is 0 Å². The second kappa shape index (κ2) is 7.08. The molecule has 2 aliphatic carbocycles. The second-order valence-electron chi connectivity index (χ2n) is 8.34. The minimum absolute atomic E-state index is 0.00777. The number of benzene rings is 2. The summed E-state index contributed by atoms with van der Waals surface area (Å²) < 4.78 is 49.1. The van der Waals surface area contributed by atoms with Gasteiger partial charge in [-0.25, -0.2) is 0 Å². The molecule has 1 spiro atoms. The van der Waals surface area contributed by atoms with Crippen molar-refractivity contribution in [3.63, 3.8) is 0 Å². The van der Waals surface area contributed by atoms with Crippen LogP contribution >= 0.6 is 0 Å². The average Bonchev–Trinajstić information content (AvgIpc) is 3.08. The summed E-state index contributed by atoms with van der Waals surface area (Å²) in [7, 11) is 0. The minimum Gasteiger partial charge on any atom is -0.485 e. The normalized spacial score (nSPS) is 23.9. The largest absolute Gasteiger partial charge is 0.485 e. The molecule has 2 aromatic carbocycles. The van der Waals surface area contributed by atoms with E-state index < -0.39 is 17.7 Å². The number of hydrogen-bond donors (Lipinski definition) is 1. The number of aryl methyl sites for hydroxylation is 1. The van der Waals surface area contributed by atoms with E-state index in [1.54, 1.807) is 0 Å². The molecule has 6 nitrogen and oxygen atoms in total. The molecule has 5 rings (SSSR count). The van der Waals surface area contributed by atoms with Gasteiger partial charge in [0, 0.05) is 11.0 Å². The molecule has 1 fully saturated rings. The number of fused-ring (bicyclic) bond motifs is 2. The van der Waals surface area contributed by atoms with Gasteiger partial charge in [-0.1, -0.05) is 18.1 Å². The first kappa shape index (κ1) is 20.5. The van der Waals surface area contributed by atoms with Gasteiger partial charge in [-0.3, -0.25) is 4.79 Å². The maximum absolute atomic E-state index is 12.7. The van der Waals surface area contributed by atoms with Gasteiger partial charge in [0.1, 0.15) is 5.75 Å². The number of carbonyl (C=O) groups is 1. The highest BCUT2D eigenvalue weighted by atomic mass is 19.4. The van der Waals surface area contributed by atoms with Crippen LogP contribution in [-0.4, -0.2) is 21.2 Å². The van der Waals surface area contributed by atoms with E-state index in [1.807, 2.05) is 25.1 Å². The van der Waals surface area contributed by atoms with E-state index in [9.17, 15) is 23.1 Å². The predicted octanol–water partition coefficient (Wildman–Crippen LogP) is 4.87. The fourth-order valence-electron chi connectivity index (χ4n) is 5.01. The molecule has 2 unspecified atom stereocenters. The molecule has 0 bridgehead atoms. The number of aromatic nitrogens is 2. The van der Waals surface area contributed by atoms with Crippen LogP contribution in [0.5, 0.6) is 5.75 Å². The Hall–Kier alpha value is -3.36. The van der Waals surface area contributed by atoms with Crippen LogP contribution < -0.4 is 4.74 Å². The number of aliphatic carboxylic acids is 1. The van der Waals surface area contributed by atoms with E-state index in [-0.39, 0.29) is 35.6 Å². The molecule has 1 saturated carbocycles. The van der Waals surface area contributed by atoms with Crippen molar-refractivity contribution in [3.05, 3.63) is 65.0 Å². The van der Waals surface area contributed by atoms with Gasteiger partial charge in [0.15, 0.2) is 6.61 Å². The second-order valence-corrected chi connectivity index (χ2v) is 8.34. The number of alkyl halides is 3. The van der Waals surface area contributed by atoms with Crippen molar-refractivity contribution in [1.82, 2.24) is 10.1 Å². The van der Waals surface area contributed by atoms with E-state index in [0.29, 0.717) is 11.3 Å². The first-order valence-electron chi connectivity index (χ1n) is 10.2. The summed E-state index contributed by atoms with van der Waals surface area (Å²) in [4.78, 5) is 15.8. The van der Waals surface area contributed by atoms with Crippen LogP contribution in [0.1, 0.15) is 35.9 Å². The Bertz CT molecular complexity index is 1190. The third-order valence-electron chi connectivity index (χ3n) is 6.71. The molecule has 0 aliphatic heterocycles. The van der Waals surface area contributed by atoms with Gasteiger partial charge in [0.05, 0.1) is 11.5 Å². The zero-order chi connectivity index (χ0) is 22.7. The summed E-state index contributed by atoms with van der Waals surface area (Å²) in [6.45, 7) is 1.98. The van der Waals surface area contributed by atoms with Crippen LogP contribution in [0.2, 0.25) is 0 Å². The molecule has 166 valence electrons. The predicted molar refractivity (Wildman–Crippen MR) is 106 cm³/mol. The number of rotatable bonds is 5. The minimum atomic E-state index is -4.41. The third-order valence-corrected chi connectivity index (χ3v) is 6.71. The summed E-state index contributed by atoms with van der Waals surface area (Å²) in [5.41, 5.74) is 1.49. The molecular weight excluding hydrogens is 425 g/mol. The van der Waals surface area contributed by atoms with Crippen LogP contribution in [0.3, 0.4) is 0 Å². The highest BCUT2D eigenvalue weighted by molar-refractivity contribution is 5.79. The van der Waals surface area contributed by atoms with Gasteiger partial charge in [-0.05, 0) is 66.3 Å². The van der Waals surface area contributed by atoms with Crippen molar-refractivity contribution < 1.29 is 32.3 Å². The fraction of sp³-hybridized carbons (Fsp3) is 0.348. The monoisotopic (exact) mass is 444 g/mol.